The summed E-state index contributed by atoms with van der Waals surface area (Å²) in [5.74, 6) is -0.431. The molecule has 0 aliphatic heterocycles. The third kappa shape index (κ3) is 3.55. The van der Waals surface area contributed by atoms with E-state index in [0.717, 1.165) is 0 Å². The fourth-order valence-electron chi connectivity index (χ4n) is 0.548. The van der Waals surface area contributed by atoms with Crippen molar-refractivity contribution >= 4 is 11.6 Å². The molecule has 0 spiro atoms. The molecule has 0 radical (unpaired) electrons. The molecule has 1 rings (SSSR count). The van der Waals surface area contributed by atoms with Crippen molar-refractivity contribution in [1.29, 1.82) is 0 Å². The predicted octanol–water partition coefficient (Wildman–Crippen LogP) is -0.337. The average molecular weight is 289 g/mol. The first-order chi connectivity index (χ1) is 4.22. The normalized spacial score (nSPS) is 7.82. The number of hydrogen-bond acceptors (Lipinski definition) is 0. The monoisotopic (exact) mass is 286 g/mol. The van der Waals surface area contributed by atoms with Crippen LogP contribution in [0.15, 0.2) is 18.2 Å². The Morgan fingerprint density at radius 1 is 1.36 bits per heavy atom. The molecule has 56 valence electrons. The Morgan fingerprint density at radius 2 is 1.91 bits per heavy atom. The zero-order chi connectivity index (χ0) is 6.85. The molecule has 11 heavy (non-hydrogen) atoms. The molecule has 0 heterocycles. The Balaban J connectivity index is 0. The third-order valence-electron chi connectivity index (χ3n) is 1.03. The van der Waals surface area contributed by atoms with E-state index in [1.807, 2.05) is 0 Å². The molecule has 0 aliphatic carbocycles. The molecule has 0 saturated carbocycles. The van der Waals surface area contributed by atoms with Gasteiger partial charge >= 0.3 is 19.5 Å². The molecular weight excluding hydrogens is 284 g/mol. The molecular formula is C7H5BrClFZn. The standard InChI is InChI=1S/C7H5ClF.BrH.Zn/c1-5-3-2-4-6(8)7(5)9;;/h2-4H,1H2;1H;/q-1;;+2/p-1. The van der Waals surface area contributed by atoms with E-state index in [1.54, 1.807) is 12.1 Å². The molecule has 0 fully saturated rings. The van der Waals surface area contributed by atoms with E-state index in [-0.39, 0.29) is 41.5 Å². The van der Waals surface area contributed by atoms with Gasteiger partial charge in [0.2, 0.25) is 0 Å². The van der Waals surface area contributed by atoms with Crippen molar-refractivity contribution in [1.82, 2.24) is 0 Å². The Morgan fingerprint density at radius 3 is 2.27 bits per heavy atom. The van der Waals surface area contributed by atoms with Crippen molar-refractivity contribution in [2.75, 3.05) is 0 Å². The van der Waals surface area contributed by atoms with E-state index in [0.29, 0.717) is 5.56 Å². The van der Waals surface area contributed by atoms with Gasteiger partial charge < -0.3 is 17.0 Å². The van der Waals surface area contributed by atoms with E-state index >= 15 is 0 Å². The maximum atomic E-state index is 12.5. The second-order valence-corrected chi connectivity index (χ2v) is 2.12. The van der Waals surface area contributed by atoms with E-state index in [2.05, 4.69) is 6.92 Å². The van der Waals surface area contributed by atoms with Gasteiger partial charge in [0.05, 0.1) is 0 Å². The summed E-state index contributed by atoms with van der Waals surface area (Å²) in [7, 11) is 0. The molecule has 1 aromatic rings. The second-order valence-electron chi connectivity index (χ2n) is 1.71. The van der Waals surface area contributed by atoms with Crippen LogP contribution in [0.25, 0.3) is 0 Å². The van der Waals surface area contributed by atoms with Gasteiger partial charge in [-0.1, -0.05) is 17.7 Å². The zero-order valence-corrected chi connectivity index (χ0v) is 11.1. The second kappa shape index (κ2) is 5.99. The van der Waals surface area contributed by atoms with E-state index in [1.165, 1.54) is 6.07 Å². The van der Waals surface area contributed by atoms with Crippen molar-refractivity contribution in [3.8, 4) is 0 Å². The largest absolute Gasteiger partial charge is 2.00 e. The summed E-state index contributed by atoms with van der Waals surface area (Å²) in [5, 5.41) is 0.127. The fourth-order valence-corrected chi connectivity index (χ4v) is 0.743. The van der Waals surface area contributed by atoms with Gasteiger partial charge in [-0.25, -0.2) is 0 Å². The van der Waals surface area contributed by atoms with Gasteiger partial charge in [0.25, 0.3) is 0 Å². The molecule has 0 saturated heterocycles. The van der Waals surface area contributed by atoms with Crippen LogP contribution in [0.2, 0.25) is 5.02 Å². The van der Waals surface area contributed by atoms with Crippen LogP contribution in [-0.2, 0) is 19.5 Å². The average Bonchev–Trinajstić information content (AvgIpc) is 1.83. The topological polar surface area (TPSA) is 0 Å². The van der Waals surface area contributed by atoms with Crippen molar-refractivity contribution in [3.63, 3.8) is 0 Å². The van der Waals surface area contributed by atoms with Crippen LogP contribution in [0.3, 0.4) is 0 Å². The molecule has 4 heteroatoms. The van der Waals surface area contributed by atoms with Crippen molar-refractivity contribution in [3.05, 3.63) is 41.5 Å². The molecule has 0 amide bonds. The molecule has 1 aromatic carbocycles. The van der Waals surface area contributed by atoms with E-state index in [4.69, 9.17) is 11.6 Å². The third-order valence-corrected chi connectivity index (χ3v) is 1.32. The predicted molar refractivity (Wildman–Crippen MR) is 35.9 cm³/mol. The summed E-state index contributed by atoms with van der Waals surface area (Å²) in [5.41, 5.74) is 0.336. The first-order valence-electron chi connectivity index (χ1n) is 2.48. The van der Waals surface area contributed by atoms with Gasteiger partial charge in [-0.3, -0.25) is 4.39 Å². The van der Waals surface area contributed by atoms with Crippen LogP contribution in [0.4, 0.5) is 4.39 Å². The quantitative estimate of drug-likeness (QED) is 0.453. The molecule has 0 atom stereocenters. The minimum atomic E-state index is -0.431. The van der Waals surface area contributed by atoms with Gasteiger partial charge in [0.15, 0.2) is 0 Å². The molecule has 0 N–H and O–H groups in total. The summed E-state index contributed by atoms with van der Waals surface area (Å²) in [6.45, 7) is 3.42. The maximum Gasteiger partial charge on any atom is 2.00 e. The number of halogens is 3. The summed E-state index contributed by atoms with van der Waals surface area (Å²) in [6, 6.07) is 4.72. The van der Waals surface area contributed by atoms with Crippen LogP contribution in [0.5, 0.6) is 0 Å². The van der Waals surface area contributed by atoms with Gasteiger partial charge in [0, 0.05) is 10.8 Å². The van der Waals surface area contributed by atoms with E-state index in [9.17, 15) is 4.39 Å². The van der Waals surface area contributed by atoms with Gasteiger partial charge in [-0.2, -0.15) is 18.6 Å². The van der Waals surface area contributed by atoms with Crippen molar-refractivity contribution < 1.29 is 40.8 Å². The fraction of sp³-hybridized carbons (Fsp3) is 0. The maximum absolute atomic E-state index is 12.5. The van der Waals surface area contributed by atoms with Crippen LogP contribution < -0.4 is 17.0 Å². The number of hydrogen-bond donors (Lipinski definition) is 0. The smallest absolute Gasteiger partial charge is 1.00 e. The first kappa shape index (κ1) is 14.0. The molecule has 0 nitrogen and oxygen atoms in total. The molecule has 0 bridgehead atoms. The summed E-state index contributed by atoms with van der Waals surface area (Å²) in [4.78, 5) is 0. The minimum absolute atomic E-state index is 0. The Labute approximate surface area is 93.7 Å². The van der Waals surface area contributed by atoms with E-state index < -0.39 is 5.82 Å². The molecule has 0 aromatic heterocycles. The van der Waals surface area contributed by atoms with Gasteiger partial charge in [-0.15, -0.1) is 6.07 Å². The Kier molecular flexibility index (Phi) is 7.60. The Hall–Kier alpha value is 0.413. The summed E-state index contributed by atoms with van der Waals surface area (Å²) < 4.78 is 12.5. The van der Waals surface area contributed by atoms with Crippen LogP contribution in [0.1, 0.15) is 5.56 Å². The summed E-state index contributed by atoms with van der Waals surface area (Å²) in [6.07, 6.45) is 0. The zero-order valence-electron chi connectivity index (χ0n) is 5.78. The number of benzene rings is 1. The van der Waals surface area contributed by atoms with Crippen LogP contribution in [-0.4, -0.2) is 0 Å². The molecule has 0 aliphatic rings. The number of rotatable bonds is 0. The summed E-state index contributed by atoms with van der Waals surface area (Å²) >= 11 is 5.40. The SMILES string of the molecule is [Br-].[CH2-]c1cccc(Cl)c1F.[Zn+2]. The van der Waals surface area contributed by atoms with Crippen molar-refractivity contribution in [2.24, 2.45) is 0 Å². The minimum Gasteiger partial charge on any atom is -1.00 e. The van der Waals surface area contributed by atoms with Crippen LogP contribution in [0, 0.1) is 12.7 Å². The Bertz CT molecular complexity index is 209. The van der Waals surface area contributed by atoms with Gasteiger partial charge in [-0.05, 0) is 0 Å². The molecule has 0 unspecified atom stereocenters. The first-order valence-corrected chi connectivity index (χ1v) is 2.85. The van der Waals surface area contributed by atoms with Crippen LogP contribution >= 0.6 is 11.6 Å². The van der Waals surface area contributed by atoms with Crippen molar-refractivity contribution in [2.45, 2.75) is 0 Å². The van der Waals surface area contributed by atoms with Gasteiger partial charge in [0.1, 0.15) is 0 Å².